The van der Waals surface area contributed by atoms with Gasteiger partial charge in [0.15, 0.2) is 5.65 Å². The molecule has 4 rings (SSSR count). The van der Waals surface area contributed by atoms with E-state index in [1.165, 1.54) is 0 Å². The van der Waals surface area contributed by atoms with Crippen LogP contribution in [0.5, 0.6) is 0 Å². The van der Waals surface area contributed by atoms with E-state index in [2.05, 4.69) is 46.1 Å². The molecule has 2 amide bonds. The van der Waals surface area contributed by atoms with Crippen LogP contribution >= 0.6 is 0 Å². The number of aromatic nitrogens is 4. The summed E-state index contributed by atoms with van der Waals surface area (Å²) in [6.07, 6.45) is 3.31. The Bertz CT molecular complexity index is 1120. The number of hydrogen-bond acceptors (Lipinski definition) is 6. The molecule has 0 saturated carbocycles. The molecule has 168 valence electrons. The van der Waals surface area contributed by atoms with Gasteiger partial charge in [-0.15, -0.1) is 0 Å². The molecule has 1 saturated heterocycles. The number of fused-ring (bicyclic) bond motifs is 1. The van der Waals surface area contributed by atoms with Crippen LogP contribution in [0.1, 0.15) is 36.7 Å². The second-order valence-corrected chi connectivity index (χ2v) is 9.08. The van der Waals surface area contributed by atoms with E-state index in [-0.39, 0.29) is 23.8 Å². The molecule has 32 heavy (non-hydrogen) atoms. The van der Waals surface area contributed by atoms with Crippen molar-refractivity contribution in [3.8, 4) is 0 Å². The van der Waals surface area contributed by atoms with Crippen LogP contribution in [0.15, 0.2) is 36.8 Å². The Hall–Kier alpha value is -3.49. The third-order valence-corrected chi connectivity index (χ3v) is 5.85. The lowest BCUT2D eigenvalue weighted by atomic mass is 9.87. The standard InChI is InChI=1S/C23H29N7O2/c1-23(2,3)17-7-5-16(6-8-17)22(32)24-14-19(31)29-9-11-30(12-10-29)21-18-13-27-28(4)20(18)25-15-26-21/h5-8,13,15H,9-12,14H2,1-4H3,(H,24,32). The van der Waals surface area contributed by atoms with Crippen LogP contribution in [0.25, 0.3) is 11.0 Å². The zero-order chi connectivity index (χ0) is 22.9. The maximum atomic E-state index is 12.6. The highest BCUT2D eigenvalue weighted by Crippen LogP contribution is 2.23. The minimum Gasteiger partial charge on any atom is -0.352 e. The average Bonchev–Trinajstić information content (AvgIpc) is 3.18. The second kappa shape index (κ2) is 8.57. The van der Waals surface area contributed by atoms with E-state index in [4.69, 9.17) is 0 Å². The van der Waals surface area contributed by atoms with E-state index in [1.54, 1.807) is 34.2 Å². The maximum absolute atomic E-state index is 12.6. The van der Waals surface area contributed by atoms with Crippen LogP contribution in [-0.2, 0) is 17.3 Å². The number of nitrogens with one attached hydrogen (secondary N) is 1. The fourth-order valence-electron chi connectivity index (χ4n) is 3.86. The van der Waals surface area contributed by atoms with Crippen LogP contribution in [0.3, 0.4) is 0 Å². The summed E-state index contributed by atoms with van der Waals surface area (Å²) in [5, 5.41) is 7.91. The molecule has 0 radical (unpaired) electrons. The van der Waals surface area contributed by atoms with Crippen molar-refractivity contribution in [2.24, 2.45) is 7.05 Å². The topological polar surface area (TPSA) is 96.2 Å². The number of hydrogen-bond donors (Lipinski definition) is 1. The van der Waals surface area contributed by atoms with Crippen molar-refractivity contribution in [1.29, 1.82) is 0 Å². The third kappa shape index (κ3) is 4.42. The number of carbonyl (C=O) groups excluding carboxylic acids is 2. The Morgan fingerprint density at radius 1 is 1.03 bits per heavy atom. The fraction of sp³-hybridized carbons (Fsp3) is 0.435. The molecule has 3 aromatic rings. The summed E-state index contributed by atoms with van der Waals surface area (Å²) in [7, 11) is 1.85. The van der Waals surface area contributed by atoms with Gasteiger partial charge in [0, 0.05) is 38.8 Å². The number of carbonyl (C=O) groups is 2. The van der Waals surface area contributed by atoms with Gasteiger partial charge in [0.2, 0.25) is 5.91 Å². The molecule has 9 nitrogen and oxygen atoms in total. The Balaban J connectivity index is 1.30. The summed E-state index contributed by atoms with van der Waals surface area (Å²) in [5.74, 6) is 0.512. The number of anilines is 1. The van der Waals surface area contributed by atoms with E-state index in [0.717, 1.165) is 22.4 Å². The van der Waals surface area contributed by atoms with Crippen LogP contribution < -0.4 is 10.2 Å². The highest BCUT2D eigenvalue weighted by Gasteiger charge is 2.24. The summed E-state index contributed by atoms with van der Waals surface area (Å²) in [6.45, 7) is 8.84. The number of piperazine rings is 1. The fourth-order valence-corrected chi connectivity index (χ4v) is 3.86. The van der Waals surface area contributed by atoms with Gasteiger partial charge in [0.25, 0.3) is 5.91 Å². The first-order valence-electron chi connectivity index (χ1n) is 10.8. The molecule has 0 bridgehead atoms. The zero-order valence-electron chi connectivity index (χ0n) is 19.0. The van der Waals surface area contributed by atoms with Gasteiger partial charge in [0.1, 0.15) is 12.1 Å². The normalized spacial score (nSPS) is 14.6. The lowest BCUT2D eigenvalue weighted by molar-refractivity contribution is -0.130. The molecular formula is C23H29N7O2. The summed E-state index contributed by atoms with van der Waals surface area (Å²) >= 11 is 0. The van der Waals surface area contributed by atoms with Crippen molar-refractivity contribution in [2.75, 3.05) is 37.6 Å². The van der Waals surface area contributed by atoms with Crippen LogP contribution in [0.2, 0.25) is 0 Å². The van der Waals surface area contributed by atoms with E-state index < -0.39 is 0 Å². The Kier molecular flexibility index (Phi) is 5.82. The zero-order valence-corrected chi connectivity index (χ0v) is 19.0. The van der Waals surface area contributed by atoms with Gasteiger partial charge in [-0.25, -0.2) is 9.97 Å². The molecule has 0 aliphatic carbocycles. The predicted molar refractivity (Wildman–Crippen MR) is 123 cm³/mol. The molecule has 3 heterocycles. The van der Waals surface area contributed by atoms with Gasteiger partial charge in [0.05, 0.1) is 18.1 Å². The number of benzene rings is 1. The average molecular weight is 436 g/mol. The van der Waals surface area contributed by atoms with Gasteiger partial charge in [-0.3, -0.25) is 14.3 Å². The largest absolute Gasteiger partial charge is 0.352 e. The SMILES string of the molecule is Cn1ncc2c(N3CCN(C(=O)CNC(=O)c4ccc(C(C)(C)C)cc4)CC3)ncnc21. The molecule has 1 aliphatic rings. The van der Waals surface area contributed by atoms with Gasteiger partial charge in [-0.2, -0.15) is 5.10 Å². The quantitative estimate of drug-likeness (QED) is 0.671. The maximum Gasteiger partial charge on any atom is 0.251 e. The highest BCUT2D eigenvalue weighted by molar-refractivity contribution is 5.96. The summed E-state index contributed by atoms with van der Waals surface area (Å²) < 4.78 is 1.72. The first-order chi connectivity index (χ1) is 15.2. The lowest BCUT2D eigenvalue weighted by Crippen LogP contribution is -2.51. The van der Waals surface area contributed by atoms with E-state index in [9.17, 15) is 9.59 Å². The van der Waals surface area contributed by atoms with Crippen molar-refractivity contribution in [3.63, 3.8) is 0 Å². The smallest absolute Gasteiger partial charge is 0.251 e. The summed E-state index contributed by atoms with van der Waals surface area (Å²) in [6, 6.07) is 7.53. The molecule has 2 aromatic heterocycles. The monoisotopic (exact) mass is 435 g/mol. The minimum absolute atomic E-state index is 0.0137. The van der Waals surface area contributed by atoms with Gasteiger partial charge < -0.3 is 15.1 Å². The Labute approximate surface area is 187 Å². The van der Waals surface area contributed by atoms with Gasteiger partial charge in [-0.1, -0.05) is 32.9 Å². The van der Waals surface area contributed by atoms with Crippen molar-refractivity contribution in [2.45, 2.75) is 26.2 Å². The van der Waals surface area contributed by atoms with Crippen molar-refractivity contribution in [1.82, 2.24) is 30.0 Å². The molecule has 1 fully saturated rings. The molecule has 9 heteroatoms. The molecule has 1 N–H and O–H groups in total. The lowest BCUT2D eigenvalue weighted by Gasteiger charge is -2.35. The number of rotatable bonds is 4. The van der Waals surface area contributed by atoms with Crippen molar-refractivity contribution < 1.29 is 9.59 Å². The first-order valence-corrected chi connectivity index (χ1v) is 10.8. The number of aryl methyl sites for hydroxylation is 1. The Morgan fingerprint density at radius 2 is 1.72 bits per heavy atom. The molecule has 1 aliphatic heterocycles. The molecule has 0 spiro atoms. The molecular weight excluding hydrogens is 406 g/mol. The van der Waals surface area contributed by atoms with Crippen molar-refractivity contribution >= 4 is 28.7 Å². The minimum atomic E-state index is -0.239. The van der Waals surface area contributed by atoms with Gasteiger partial charge >= 0.3 is 0 Å². The van der Waals surface area contributed by atoms with Crippen LogP contribution in [0.4, 0.5) is 5.82 Å². The number of amides is 2. The third-order valence-electron chi connectivity index (χ3n) is 5.85. The molecule has 0 atom stereocenters. The molecule has 1 aromatic carbocycles. The summed E-state index contributed by atoms with van der Waals surface area (Å²) in [5.41, 5.74) is 2.53. The first kappa shape index (κ1) is 21.7. The predicted octanol–water partition coefficient (Wildman–Crippen LogP) is 1.74. The number of nitrogens with zero attached hydrogens (tertiary/aromatic N) is 6. The Morgan fingerprint density at radius 3 is 2.38 bits per heavy atom. The van der Waals surface area contributed by atoms with Crippen LogP contribution in [0, 0.1) is 0 Å². The highest BCUT2D eigenvalue weighted by atomic mass is 16.2. The second-order valence-electron chi connectivity index (χ2n) is 9.08. The van der Waals surface area contributed by atoms with Crippen molar-refractivity contribution in [3.05, 3.63) is 47.9 Å². The van der Waals surface area contributed by atoms with Gasteiger partial charge in [-0.05, 0) is 23.1 Å². The van der Waals surface area contributed by atoms with Crippen LogP contribution in [-0.4, -0.2) is 69.2 Å². The molecule has 0 unspecified atom stereocenters. The van der Waals surface area contributed by atoms with E-state index >= 15 is 0 Å². The van der Waals surface area contributed by atoms with E-state index in [0.29, 0.717) is 31.7 Å². The van der Waals surface area contributed by atoms with E-state index in [1.807, 2.05) is 19.2 Å². The summed E-state index contributed by atoms with van der Waals surface area (Å²) in [4.78, 5) is 37.7.